The molecule has 1 atom stereocenters. The number of ether oxygens (including phenoxy) is 1. The fourth-order valence-corrected chi connectivity index (χ4v) is 4.20. The largest absolute Gasteiger partial charge is 0.495 e. The molecule has 1 amide bonds. The molecule has 6 nitrogen and oxygen atoms in total. The number of aromatic nitrogens is 3. The molecular weight excluding hydrogens is 420 g/mol. The molecule has 7 heteroatoms. The highest BCUT2D eigenvalue weighted by Crippen LogP contribution is 2.27. The first-order valence-corrected chi connectivity index (χ1v) is 11.3. The normalized spacial score (nSPS) is 11.7. The van der Waals surface area contributed by atoms with Crippen LogP contribution in [0.3, 0.4) is 0 Å². The molecule has 0 bridgehead atoms. The zero-order valence-corrected chi connectivity index (χ0v) is 18.5. The highest BCUT2D eigenvalue weighted by atomic mass is 32.2. The maximum atomic E-state index is 12.9. The van der Waals surface area contributed by atoms with Crippen LogP contribution in [0, 0.1) is 0 Å². The van der Waals surface area contributed by atoms with Gasteiger partial charge >= 0.3 is 0 Å². The summed E-state index contributed by atoms with van der Waals surface area (Å²) in [6.07, 6.45) is 2.35. The number of carbonyl (C=O) groups is 1. The summed E-state index contributed by atoms with van der Waals surface area (Å²) in [4.78, 5) is 12.9. The summed E-state index contributed by atoms with van der Waals surface area (Å²) in [5.74, 6) is 0.881. The number of hydrogen-bond acceptors (Lipinski definition) is 5. The number of amides is 1. The number of rotatable bonds is 9. The van der Waals surface area contributed by atoms with Crippen molar-refractivity contribution in [2.24, 2.45) is 0 Å². The first kappa shape index (κ1) is 21.6. The first-order chi connectivity index (χ1) is 15.7. The van der Waals surface area contributed by atoms with E-state index in [1.807, 2.05) is 77.4 Å². The van der Waals surface area contributed by atoms with Crippen LogP contribution in [0.2, 0.25) is 0 Å². The molecule has 0 saturated heterocycles. The molecular formula is C25H24N4O2S. The van der Waals surface area contributed by atoms with E-state index < -0.39 is 0 Å². The van der Waals surface area contributed by atoms with Crippen molar-refractivity contribution in [1.82, 2.24) is 20.1 Å². The highest BCUT2D eigenvalue weighted by molar-refractivity contribution is 7.99. The van der Waals surface area contributed by atoms with Crippen molar-refractivity contribution >= 4 is 17.7 Å². The van der Waals surface area contributed by atoms with E-state index in [0.717, 1.165) is 17.7 Å². The second kappa shape index (κ2) is 10.6. The molecule has 1 aromatic heterocycles. The Morgan fingerprint density at radius 1 is 1.00 bits per heavy atom. The van der Waals surface area contributed by atoms with Crippen LogP contribution in [0.5, 0.6) is 5.75 Å². The van der Waals surface area contributed by atoms with Crippen LogP contribution >= 0.6 is 11.8 Å². The molecule has 162 valence electrons. The minimum absolute atomic E-state index is 0.0608. The molecule has 0 saturated carbocycles. The van der Waals surface area contributed by atoms with E-state index in [-0.39, 0.29) is 17.7 Å². The predicted molar refractivity (Wildman–Crippen MR) is 126 cm³/mol. The van der Waals surface area contributed by atoms with Crippen LogP contribution in [0.25, 0.3) is 5.69 Å². The quantitative estimate of drug-likeness (QED) is 0.386. The summed E-state index contributed by atoms with van der Waals surface area (Å²) < 4.78 is 7.27. The van der Waals surface area contributed by atoms with Gasteiger partial charge in [0.15, 0.2) is 5.16 Å². The van der Waals surface area contributed by atoms with Gasteiger partial charge in [-0.05, 0) is 29.7 Å². The average Bonchev–Trinajstić information content (AvgIpc) is 3.32. The van der Waals surface area contributed by atoms with Gasteiger partial charge in [-0.25, -0.2) is 0 Å². The summed E-state index contributed by atoms with van der Waals surface area (Å²) >= 11 is 1.34. The van der Waals surface area contributed by atoms with Crippen molar-refractivity contribution in [2.45, 2.75) is 17.6 Å². The topological polar surface area (TPSA) is 69.0 Å². The average molecular weight is 445 g/mol. The SMILES string of the molecule is COc1ccccc1-n1cnnc1SCC(=O)N[C@H](Cc1ccccc1)c1ccccc1. The Hall–Kier alpha value is -3.58. The van der Waals surface area contributed by atoms with Crippen molar-refractivity contribution < 1.29 is 9.53 Å². The molecule has 0 aliphatic heterocycles. The van der Waals surface area contributed by atoms with E-state index in [0.29, 0.717) is 10.9 Å². The van der Waals surface area contributed by atoms with Crippen LogP contribution in [0.15, 0.2) is 96.4 Å². The molecule has 0 fully saturated rings. The molecule has 4 aromatic rings. The number of thioether (sulfide) groups is 1. The van der Waals surface area contributed by atoms with Crippen molar-refractivity contribution in [1.29, 1.82) is 0 Å². The summed E-state index contributed by atoms with van der Waals surface area (Å²) in [5.41, 5.74) is 3.08. The van der Waals surface area contributed by atoms with Gasteiger partial charge in [0.1, 0.15) is 12.1 Å². The second-order valence-electron chi connectivity index (χ2n) is 7.16. The van der Waals surface area contributed by atoms with E-state index in [1.54, 1.807) is 13.4 Å². The van der Waals surface area contributed by atoms with Gasteiger partial charge in [-0.1, -0.05) is 84.6 Å². The summed E-state index contributed by atoms with van der Waals surface area (Å²) in [7, 11) is 1.62. The lowest BCUT2D eigenvalue weighted by Gasteiger charge is -2.19. The van der Waals surface area contributed by atoms with Crippen molar-refractivity contribution in [3.63, 3.8) is 0 Å². The van der Waals surface area contributed by atoms with Crippen LogP contribution < -0.4 is 10.1 Å². The van der Waals surface area contributed by atoms with Crippen LogP contribution in [0.4, 0.5) is 0 Å². The van der Waals surface area contributed by atoms with Crippen LogP contribution in [0.1, 0.15) is 17.2 Å². The van der Waals surface area contributed by atoms with E-state index >= 15 is 0 Å². The molecule has 0 aliphatic rings. The van der Waals surface area contributed by atoms with Gasteiger partial charge in [0.2, 0.25) is 5.91 Å². The Kier molecular flexibility index (Phi) is 7.19. The zero-order chi connectivity index (χ0) is 22.2. The Morgan fingerprint density at radius 3 is 2.44 bits per heavy atom. The minimum Gasteiger partial charge on any atom is -0.495 e. The number of nitrogens with one attached hydrogen (secondary N) is 1. The maximum Gasteiger partial charge on any atom is 0.230 e. The second-order valence-corrected chi connectivity index (χ2v) is 8.11. The first-order valence-electron chi connectivity index (χ1n) is 10.3. The fourth-order valence-electron chi connectivity index (χ4n) is 3.47. The Morgan fingerprint density at radius 2 is 1.69 bits per heavy atom. The molecule has 0 unspecified atom stereocenters. The lowest BCUT2D eigenvalue weighted by Crippen LogP contribution is -2.31. The highest BCUT2D eigenvalue weighted by Gasteiger charge is 2.17. The van der Waals surface area contributed by atoms with Gasteiger partial charge in [-0.2, -0.15) is 0 Å². The summed E-state index contributed by atoms with van der Waals surface area (Å²) in [5, 5.41) is 12.0. The van der Waals surface area contributed by atoms with Crippen LogP contribution in [-0.2, 0) is 11.2 Å². The molecule has 3 aromatic carbocycles. The van der Waals surface area contributed by atoms with Crippen molar-refractivity contribution in [2.75, 3.05) is 12.9 Å². The molecule has 0 aliphatic carbocycles. The van der Waals surface area contributed by atoms with Gasteiger partial charge in [-0.3, -0.25) is 9.36 Å². The number of carbonyl (C=O) groups excluding carboxylic acids is 1. The van der Waals surface area contributed by atoms with Crippen LogP contribution in [-0.4, -0.2) is 33.5 Å². The fraction of sp³-hybridized carbons (Fsp3) is 0.160. The maximum absolute atomic E-state index is 12.9. The Bertz CT molecular complexity index is 1150. The smallest absolute Gasteiger partial charge is 0.230 e. The van der Waals surface area contributed by atoms with Gasteiger partial charge in [-0.15, -0.1) is 10.2 Å². The summed E-state index contributed by atoms with van der Waals surface area (Å²) in [6.45, 7) is 0. The lowest BCUT2D eigenvalue weighted by atomic mass is 9.99. The molecule has 32 heavy (non-hydrogen) atoms. The van der Waals surface area contributed by atoms with Gasteiger partial charge < -0.3 is 10.1 Å². The standard InChI is InChI=1S/C25H24N4O2S/c1-31-23-15-9-8-14-22(23)29-18-26-28-25(29)32-17-24(30)27-21(20-12-6-3-7-13-20)16-19-10-4-2-5-11-19/h2-15,18,21H,16-17H2,1H3,(H,27,30)/t21-/m1/s1. The number of hydrogen-bond donors (Lipinski definition) is 1. The Labute approximate surface area is 191 Å². The molecule has 0 spiro atoms. The van der Waals surface area contributed by atoms with E-state index in [9.17, 15) is 4.79 Å². The number of para-hydroxylation sites is 2. The lowest BCUT2D eigenvalue weighted by molar-refractivity contribution is -0.119. The third-order valence-corrected chi connectivity index (χ3v) is 5.96. The van der Waals surface area contributed by atoms with E-state index in [2.05, 4.69) is 27.6 Å². The molecule has 0 radical (unpaired) electrons. The molecule has 1 heterocycles. The molecule has 1 N–H and O–H groups in total. The van der Waals surface area contributed by atoms with E-state index in [4.69, 9.17) is 4.74 Å². The number of benzene rings is 3. The minimum atomic E-state index is -0.112. The third-order valence-electron chi connectivity index (χ3n) is 5.01. The van der Waals surface area contributed by atoms with Crippen molar-refractivity contribution in [3.05, 3.63) is 102 Å². The monoisotopic (exact) mass is 444 g/mol. The van der Waals surface area contributed by atoms with Gasteiger partial charge in [0.05, 0.1) is 24.6 Å². The predicted octanol–water partition coefficient (Wildman–Crippen LogP) is 4.47. The third kappa shape index (κ3) is 5.36. The Balaban J connectivity index is 1.45. The zero-order valence-electron chi connectivity index (χ0n) is 17.7. The number of methoxy groups -OCH3 is 1. The van der Waals surface area contributed by atoms with E-state index in [1.165, 1.54) is 17.3 Å². The van der Waals surface area contributed by atoms with Crippen molar-refractivity contribution in [3.8, 4) is 11.4 Å². The van der Waals surface area contributed by atoms with Gasteiger partial charge in [0, 0.05) is 0 Å². The number of nitrogens with zero attached hydrogens (tertiary/aromatic N) is 3. The molecule has 4 rings (SSSR count). The summed E-state index contributed by atoms with van der Waals surface area (Å²) in [6, 6.07) is 27.7. The van der Waals surface area contributed by atoms with Gasteiger partial charge in [0.25, 0.3) is 0 Å².